The highest BCUT2D eigenvalue weighted by atomic mass is 16.2. The first-order valence-corrected chi connectivity index (χ1v) is 5.96. The SMILES string of the molecule is CN(Cc1cccc(C#N)c1)C(=O)Cn1cnc(N)n1. The molecule has 7 nitrogen and oxygen atoms in total. The smallest absolute Gasteiger partial charge is 0.244 e. The average Bonchev–Trinajstić information content (AvgIpc) is 2.84. The molecule has 1 aromatic carbocycles. The molecule has 2 N–H and O–H groups in total. The molecule has 7 heteroatoms. The van der Waals surface area contributed by atoms with Gasteiger partial charge in [-0.2, -0.15) is 5.26 Å². The molecular formula is C13H14N6O. The molecule has 2 rings (SSSR count). The highest BCUT2D eigenvalue weighted by Crippen LogP contribution is 2.07. The zero-order chi connectivity index (χ0) is 14.5. The molecule has 2 aromatic rings. The number of hydrogen-bond donors (Lipinski definition) is 1. The van der Waals surface area contributed by atoms with E-state index in [0.29, 0.717) is 12.1 Å². The number of nitrogens with zero attached hydrogens (tertiary/aromatic N) is 5. The molecule has 0 unspecified atom stereocenters. The van der Waals surface area contributed by atoms with E-state index >= 15 is 0 Å². The summed E-state index contributed by atoms with van der Waals surface area (Å²) >= 11 is 0. The fourth-order valence-corrected chi connectivity index (χ4v) is 1.75. The normalized spacial score (nSPS) is 10.0. The first-order valence-electron chi connectivity index (χ1n) is 5.96. The summed E-state index contributed by atoms with van der Waals surface area (Å²) in [6, 6.07) is 9.23. The van der Waals surface area contributed by atoms with Crippen molar-refractivity contribution in [3.05, 3.63) is 41.7 Å². The van der Waals surface area contributed by atoms with E-state index in [4.69, 9.17) is 11.0 Å². The van der Waals surface area contributed by atoms with Crippen LogP contribution in [0.4, 0.5) is 5.95 Å². The van der Waals surface area contributed by atoms with Gasteiger partial charge in [-0.25, -0.2) is 9.67 Å². The van der Waals surface area contributed by atoms with E-state index in [9.17, 15) is 4.79 Å². The van der Waals surface area contributed by atoms with Gasteiger partial charge < -0.3 is 10.6 Å². The Kier molecular flexibility index (Phi) is 3.96. The fourth-order valence-electron chi connectivity index (χ4n) is 1.75. The van der Waals surface area contributed by atoms with Gasteiger partial charge in [-0.3, -0.25) is 4.79 Å². The van der Waals surface area contributed by atoms with Crippen LogP contribution in [0.15, 0.2) is 30.6 Å². The lowest BCUT2D eigenvalue weighted by atomic mass is 10.1. The van der Waals surface area contributed by atoms with Crippen LogP contribution in [0.1, 0.15) is 11.1 Å². The lowest BCUT2D eigenvalue weighted by Gasteiger charge is -2.17. The number of hydrogen-bond acceptors (Lipinski definition) is 5. The predicted molar refractivity (Wildman–Crippen MR) is 72.1 cm³/mol. The van der Waals surface area contributed by atoms with Gasteiger partial charge in [0.1, 0.15) is 12.9 Å². The van der Waals surface area contributed by atoms with Crippen molar-refractivity contribution in [2.75, 3.05) is 12.8 Å². The van der Waals surface area contributed by atoms with Gasteiger partial charge >= 0.3 is 0 Å². The Labute approximate surface area is 116 Å². The Morgan fingerprint density at radius 3 is 3.00 bits per heavy atom. The van der Waals surface area contributed by atoms with Crippen LogP contribution in [0.3, 0.4) is 0 Å². The molecule has 0 aliphatic carbocycles. The first-order chi connectivity index (χ1) is 9.58. The van der Waals surface area contributed by atoms with Crippen molar-refractivity contribution in [3.8, 4) is 6.07 Å². The third-order valence-electron chi connectivity index (χ3n) is 2.75. The zero-order valence-corrected chi connectivity index (χ0v) is 11.0. The van der Waals surface area contributed by atoms with Crippen molar-refractivity contribution < 1.29 is 4.79 Å². The number of aromatic nitrogens is 3. The van der Waals surface area contributed by atoms with Gasteiger partial charge in [0.15, 0.2) is 0 Å². The number of nitriles is 1. The maximum atomic E-state index is 12.0. The molecular weight excluding hydrogens is 256 g/mol. The van der Waals surface area contributed by atoms with Crippen LogP contribution in [0.25, 0.3) is 0 Å². The van der Waals surface area contributed by atoms with E-state index in [1.165, 1.54) is 11.0 Å². The number of amides is 1. The summed E-state index contributed by atoms with van der Waals surface area (Å²) in [4.78, 5) is 17.3. The van der Waals surface area contributed by atoms with Gasteiger partial charge in [0.25, 0.3) is 0 Å². The average molecular weight is 270 g/mol. The molecule has 0 bridgehead atoms. The molecule has 0 aliphatic heterocycles. The first kappa shape index (κ1) is 13.5. The van der Waals surface area contributed by atoms with Gasteiger partial charge in [0.05, 0.1) is 11.6 Å². The topological polar surface area (TPSA) is 101 Å². The summed E-state index contributed by atoms with van der Waals surface area (Å²) in [5, 5.41) is 12.7. The molecule has 0 saturated carbocycles. The van der Waals surface area contributed by atoms with Gasteiger partial charge in [-0.15, -0.1) is 5.10 Å². The number of likely N-dealkylation sites (N-methyl/N-ethyl adjacent to an activating group) is 1. The number of nitrogens with two attached hydrogens (primary N) is 1. The van der Waals surface area contributed by atoms with E-state index in [0.717, 1.165) is 5.56 Å². The number of rotatable bonds is 4. The summed E-state index contributed by atoms with van der Waals surface area (Å²) < 4.78 is 1.39. The summed E-state index contributed by atoms with van der Waals surface area (Å²) in [6.45, 7) is 0.511. The number of carbonyl (C=O) groups excluding carboxylic acids is 1. The molecule has 0 atom stereocenters. The molecule has 0 fully saturated rings. The summed E-state index contributed by atoms with van der Waals surface area (Å²) in [5.74, 6) is 0.0273. The molecule has 20 heavy (non-hydrogen) atoms. The van der Waals surface area contributed by atoms with Crippen LogP contribution in [0.5, 0.6) is 0 Å². The molecule has 102 valence electrons. The van der Waals surface area contributed by atoms with Gasteiger partial charge in [-0.1, -0.05) is 12.1 Å². The monoisotopic (exact) mass is 270 g/mol. The minimum atomic E-state index is -0.114. The standard InChI is InChI=1S/C13H14N6O/c1-18(7-11-4-2-3-10(5-11)6-14)12(20)8-19-9-16-13(15)17-19/h2-5,9H,7-8H2,1H3,(H2,15,17). The summed E-state index contributed by atoms with van der Waals surface area (Å²) in [7, 11) is 1.70. The number of benzene rings is 1. The van der Waals surface area contributed by atoms with Crippen molar-refractivity contribution in [2.45, 2.75) is 13.1 Å². The third-order valence-corrected chi connectivity index (χ3v) is 2.75. The van der Waals surface area contributed by atoms with Crippen LogP contribution in [0, 0.1) is 11.3 Å². The van der Waals surface area contributed by atoms with E-state index < -0.39 is 0 Å². The molecule has 0 aliphatic rings. The Balaban J connectivity index is 1.98. The maximum absolute atomic E-state index is 12.0. The van der Waals surface area contributed by atoms with Gasteiger partial charge in [0.2, 0.25) is 11.9 Å². The molecule has 1 heterocycles. The lowest BCUT2D eigenvalue weighted by molar-refractivity contribution is -0.131. The quantitative estimate of drug-likeness (QED) is 0.866. The van der Waals surface area contributed by atoms with E-state index in [1.807, 2.05) is 6.07 Å². The summed E-state index contributed by atoms with van der Waals surface area (Å²) in [5.41, 5.74) is 6.86. The maximum Gasteiger partial charge on any atom is 0.244 e. The minimum Gasteiger partial charge on any atom is -0.367 e. The van der Waals surface area contributed by atoms with Crippen molar-refractivity contribution in [2.24, 2.45) is 0 Å². The van der Waals surface area contributed by atoms with Crippen molar-refractivity contribution in [3.63, 3.8) is 0 Å². The molecule has 1 aromatic heterocycles. The van der Waals surface area contributed by atoms with Crippen LogP contribution in [-0.4, -0.2) is 32.6 Å². The molecule has 0 radical (unpaired) electrons. The Hall–Kier alpha value is -2.88. The molecule has 0 spiro atoms. The Morgan fingerprint density at radius 2 is 2.35 bits per heavy atom. The van der Waals surface area contributed by atoms with Crippen LogP contribution >= 0.6 is 0 Å². The Bertz CT molecular complexity index is 657. The highest BCUT2D eigenvalue weighted by Gasteiger charge is 2.11. The lowest BCUT2D eigenvalue weighted by Crippen LogP contribution is -2.30. The van der Waals surface area contributed by atoms with Crippen molar-refractivity contribution >= 4 is 11.9 Å². The van der Waals surface area contributed by atoms with Gasteiger partial charge in [0, 0.05) is 13.6 Å². The Morgan fingerprint density at radius 1 is 1.55 bits per heavy atom. The fraction of sp³-hybridized carbons (Fsp3) is 0.231. The second-order valence-electron chi connectivity index (χ2n) is 4.36. The third kappa shape index (κ3) is 3.32. The largest absolute Gasteiger partial charge is 0.367 e. The highest BCUT2D eigenvalue weighted by molar-refractivity contribution is 5.75. The van der Waals surface area contributed by atoms with E-state index in [1.54, 1.807) is 30.1 Å². The van der Waals surface area contributed by atoms with E-state index in [-0.39, 0.29) is 18.4 Å². The number of nitrogen functional groups attached to an aromatic ring is 1. The number of anilines is 1. The zero-order valence-electron chi connectivity index (χ0n) is 11.0. The predicted octanol–water partition coefficient (Wildman–Crippen LogP) is 0.391. The second kappa shape index (κ2) is 5.84. The van der Waals surface area contributed by atoms with Crippen LogP contribution in [-0.2, 0) is 17.9 Å². The molecule has 0 saturated heterocycles. The summed E-state index contributed by atoms with van der Waals surface area (Å²) in [6.07, 6.45) is 1.41. The minimum absolute atomic E-state index is 0.0820. The van der Waals surface area contributed by atoms with Crippen LogP contribution < -0.4 is 5.73 Å². The second-order valence-corrected chi connectivity index (χ2v) is 4.36. The number of carbonyl (C=O) groups is 1. The van der Waals surface area contributed by atoms with Crippen molar-refractivity contribution in [1.82, 2.24) is 19.7 Å². The van der Waals surface area contributed by atoms with Crippen LogP contribution in [0.2, 0.25) is 0 Å². The molecule has 1 amide bonds. The van der Waals surface area contributed by atoms with Gasteiger partial charge in [-0.05, 0) is 17.7 Å². The van der Waals surface area contributed by atoms with Crippen molar-refractivity contribution in [1.29, 1.82) is 5.26 Å². The van der Waals surface area contributed by atoms with E-state index in [2.05, 4.69) is 16.2 Å².